The Morgan fingerprint density at radius 2 is 1.50 bits per heavy atom. The molecule has 0 spiro atoms. The van der Waals surface area contributed by atoms with Gasteiger partial charge in [0.2, 0.25) is 23.8 Å². The third-order valence-electron chi connectivity index (χ3n) is 7.84. The van der Waals surface area contributed by atoms with Gasteiger partial charge in [0.05, 0.1) is 0 Å². The van der Waals surface area contributed by atoms with E-state index in [9.17, 15) is 9.90 Å². The maximum absolute atomic E-state index is 12.9. The Balaban J connectivity index is 1.21. The van der Waals surface area contributed by atoms with Gasteiger partial charge in [-0.25, -0.2) is 0 Å². The summed E-state index contributed by atoms with van der Waals surface area (Å²) in [7, 11) is 2.00. The van der Waals surface area contributed by atoms with Gasteiger partial charge in [0.25, 0.3) is 0 Å². The molecule has 1 aliphatic heterocycles. The number of nitrogens with one attached hydrogen (secondary N) is 1. The van der Waals surface area contributed by atoms with E-state index in [1.54, 1.807) is 12.1 Å². The Bertz CT molecular complexity index is 1480. The molecule has 5 rings (SSSR count). The molecule has 2 N–H and O–H groups in total. The van der Waals surface area contributed by atoms with Gasteiger partial charge in [0.15, 0.2) is 0 Å². The van der Waals surface area contributed by atoms with E-state index in [0.29, 0.717) is 57.0 Å². The van der Waals surface area contributed by atoms with E-state index in [2.05, 4.69) is 39.4 Å². The second kappa shape index (κ2) is 15.4. The number of anilines is 3. The molecule has 1 aromatic heterocycles. The molecule has 1 amide bonds. The van der Waals surface area contributed by atoms with Crippen molar-refractivity contribution in [2.75, 3.05) is 61.4 Å². The van der Waals surface area contributed by atoms with Crippen molar-refractivity contribution in [2.45, 2.75) is 32.1 Å². The maximum Gasteiger partial charge on any atom is 0.232 e. The van der Waals surface area contributed by atoms with Crippen molar-refractivity contribution >= 4 is 35.4 Å². The van der Waals surface area contributed by atoms with E-state index in [-0.39, 0.29) is 11.7 Å². The number of phenols is 1. The van der Waals surface area contributed by atoms with Gasteiger partial charge in [-0.3, -0.25) is 4.79 Å². The summed E-state index contributed by atoms with van der Waals surface area (Å²) in [5.74, 6) is 2.18. The Labute approximate surface area is 264 Å². The largest absolute Gasteiger partial charge is 0.508 e. The first-order valence-electron chi connectivity index (χ1n) is 15.2. The van der Waals surface area contributed by atoms with Crippen LogP contribution in [0.2, 0.25) is 5.02 Å². The van der Waals surface area contributed by atoms with E-state index < -0.39 is 0 Å². The normalized spacial score (nSPS) is 13.1. The van der Waals surface area contributed by atoms with Crippen LogP contribution in [0.25, 0.3) is 0 Å². The number of halogens is 1. The van der Waals surface area contributed by atoms with Crippen molar-refractivity contribution in [3.63, 3.8) is 0 Å². The number of aromatic hydroxyl groups is 1. The zero-order chi connectivity index (χ0) is 30.7. The highest BCUT2D eigenvalue weighted by Crippen LogP contribution is 2.20. The lowest BCUT2D eigenvalue weighted by molar-refractivity contribution is -0.131. The molecule has 0 radical (unpaired) electrons. The topological polar surface area (TPSA) is 97.7 Å². The summed E-state index contributed by atoms with van der Waals surface area (Å²) in [6, 6.07) is 25.3. The fourth-order valence-corrected chi connectivity index (χ4v) is 5.33. The second-order valence-electron chi connectivity index (χ2n) is 11.1. The van der Waals surface area contributed by atoms with Crippen molar-refractivity contribution in [1.29, 1.82) is 0 Å². The number of amides is 1. The number of nitrogens with zero attached hydrogens (tertiary/aromatic N) is 6. The van der Waals surface area contributed by atoms with E-state index in [0.717, 1.165) is 42.8 Å². The molecule has 230 valence electrons. The quantitative estimate of drug-likeness (QED) is 0.211. The number of aryl methyl sites for hydroxylation is 2. The highest BCUT2D eigenvalue weighted by molar-refractivity contribution is 6.30. The Kier molecular flexibility index (Phi) is 10.9. The van der Waals surface area contributed by atoms with Crippen molar-refractivity contribution in [1.82, 2.24) is 19.9 Å². The summed E-state index contributed by atoms with van der Waals surface area (Å²) < 4.78 is 0. The number of carbonyl (C=O) groups is 1. The molecule has 0 saturated carbocycles. The number of carbonyl (C=O) groups excluding carboxylic acids is 1. The molecule has 0 bridgehead atoms. The van der Waals surface area contributed by atoms with Gasteiger partial charge in [-0.2, -0.15) is 15.0 Å². The maximum atomic E-state index is 12.9. The average molecular weight is 614 g/mol. The molecule has 3 aromatic carbocycles. The number of piperazine rings is 1. The smallest absolute Gasteiger partial charge is 0.232 e. The molecule has 10 heteroatoms. The van der Waals surface area contributed by atoms with E-state index in [1.165, 1.54) is 11.1 Å². The minimum absolute atomic E-state index is 0.182. The molecule has 9 nitrogen and oxygen atoms in total. The van der Waals surface area contributed by atoms with E-state index >= 15 is 0 Å². The predicted molar refractivity (Wildman–Crippen MR) is 177 cm³/mol. The van der Waals surface area contributed by atoms with Gasteiger partial charge in [-0.15, -0.1) is 0 Å². The van der Waals surface area contributed by atoms with E-state index in [4.69, 9.17) is 26.6 Å². The first-order chi connectivity index (χ1) is 21.4. The zero-order valence-corrected chi connectivity index (χ0v) is 26.0. The van der Waals surface area contributed by atoms with Crippen molar-refractivity contribution in [2.24, 2.45) is 0 Å². The monoisotopic (exact) mass is 613 g/mol. The van der Waals surface area contributed by atoms with Gasteiger partial charge in [-0.1, -0.05) is 66.2 Å². The van der Waals surface area contributed by atoms with Crippen LogP contribution in [-0.2, 0) is 24.1 Å². The standard InChI is InChI=1S/C34H40ClN7O2/c1-40(21-5-8-27-9-14-29(35)15-10-27)33-37-32(36-20-19-28-11-16-30(43)17-12-28)38-34(39-33)42-24-22-41(23-25-42)31(44)18-13-26-6-3-2-4-7-26/h2-4,6-7,9-12,14-17,43H,5,8,13,18-25H2,1H3,(H,36,37,38,39). The molecular formula is C34H40ClN7O2. The lowest BCUT2D eigenvalue weighted by Gasteiger charge is -2.35. The van der Waals surface area contributed by atoms with Crippen molar-refractivity contribution in [3.8, 4) is 5.75 Å². The first kappa shape index (κ1) is 31.1. The molecule has 4 aromatic rings. The van der Waals surface area contributed by atoms with Gasteiger partial charge < -0.3 is 25.1 Å². The average Bonchev–Trinajstić information content (AvgIpc) is 3.06. The molecule has 0 unspecified atom stereocenters. The van der Waals surface area contributed by atoms with Crippen molar-refractivity contribution in [3.05, 3.63) is 101 Å². The molecule has 44 heavy (non-hydrogen) atoms. The summed E-state index contributed by atoms with van der Waals surface area (Å²) in [5.41, 5.74) is 3.53. The third kappa shape index (κ3) is 9.07. The number of aromatic nitrogens is 3. The third-order valence-corrected chi connectivity index (χ3v) is 8.10. The SMILES string of the molecule is CN(CCCc1ccc(Cl)cc1)c1nc(NCCc2ccc(O)cc2)nc(N2CCN(C(=O)CCc3ccccc3)CC2)n1. The number of hydrogen-bond acceptors (Lipinski definition) is 8. The van der Waals surface area contributed by atoms with Gasteiger partial charge >= 0.3 is 0 Å². The molecular weight excluding hydrogens is 574 g/mol. The van der Waals surface area contributed by atoms with Gasteiger partial charge in [0.1, 0.15) is 5.75 Å². The van der Waals surface area contributed by atoms with Crippen LogP contribution >= 0.6 is 11.6 Å². The molecule has 0 aliphatic carbocycles. The number of phenolic OH excluding ortho intramolecular Hbond substituents is 1. The lowest BCUT2D eigenvalue weighted by atomic mass is 10.1. The van der Waals surface area contributed by atoms with Crippen molar-refractivity contribution < 1.29 is 9.90 Å². The number of benzene rings is 3. The first-order valence-corrected chi connectivity index (χ1v) is 15.6. The van der Waals surface area contributed by atoms with Crippen LogP contribution in [0.3, 0.4) is 0 Å². The highest BCUT2D eigenvalue weighted by Gasteiger charge is 2.24. The van der Waals surface area contributed by atoms with Crippen LogP contribution < -0.4 is 15.1 Å². The number of rotatable bonds is 13. The molecule has 1 aliphatic rings. The fraction of sp³-hybridized carbons (Fsp3) is 0.353. The fourth-order valence-electron chi connectivity index (χ4n) is 5.21. The Morgan fingerprint density at radius 1 is 0.841 bits per heavy atom. The minimum atomic E-state index is 0.182. The molecule has 1 saturated heterocycles. The van der Waals surface area contributed by atoms with Crippen LogP contribution in [0.5, 0.6) is 5.75 Å². The second-order valence-corrected chi connectivity index (χ2v) is 11.5. The zero-order valence-electron chi connectivity index (χ0n) is 25.2. The van der Waals surface area contributed by atoms with Crippen LogP contribution in [0.1, 0.15) is 29.5 Å². The minimum Gasteiger partial charge on any atom is -0.508 e. The molecule has 2 heterocycles. The van der Waals surface area contributed by atoms with Crippen LogP contribution in [0, 0.1) is 0 Å². The molecule has 1 fully saturated rings. The summed E-state index contributed by atoms with van der Waals surface area (Å²) in [6.07, 6.45) is 3.89. The Hall–Kier alpha value is -4.37. The summed E-state index contributed by atoms with van der Waals surface area (Å²) >= 11 is 6.04. The van der Waals surface area contributed by atoms with E-state index in [1.807, 2.05) is 54.4 Å². The summed E-state index contributed by atoms with van der Waals surface area (Å²) in [6.45, 7) is 4.01. The van der Waals surface area contributed by atoms with Crippen LogP contribution in [0.4, 0.5) is 17.8 Å². The molecule has 0 atom stereocenters. The predicted octanol–water partition coefficient (Wildman–Crippen LogP) is 5.24. The van der Waals surface area contributed by atoms with Gasteiger partial charge in [0, 0.05) is 57.8 Å². The number of hydrogen-bond donors (Lipinski definition) is 2. The van der Waals surface area contributed by atoms with Gasteiger partial charge in [-0.05, 0) is 66.6 Å². The highest BCUT2D eigenvalue weighted by atomic mass is 35.5. The Morgan fingerprint density at radius 3 is 2.23 bits per heavy atom. The lowest BCUT2D eigenvalue weighted by Crippen LogP contribution is -2.49. The van der Waals surface area contributed by atoms with Crippen LogP contribution in [0.15, 0.2) is 78.9 Å². The summed E-state index contributed by atoms with van der Waals surface area (Å²) in [4.78, 5) is 33.4. The summed E-state index contributed by atoms with van der Waals surface area (Å²) in [5, 5.41) is 13.7. The van der Waals surface area contributed by atoms with Crippen LogP contribution in [-0.4, -0.2) is 77.2 Å².